The number of rotatable bonds is 45. The molecular weight excluding hydrogens is 838 g/mol. The molecule has 3 rings (SSSR count). The minimum Gasteiger partial charge on any atom is -0.382 e. The standard InChI is InChI=1S/C45H75N3O16/c1-2-3-4-5-6-7-14-53-16-18-55-20-22-57-24-26-59-28-30-61-32-34-63-36-37-64-35-33-62-31-29-60-27-25-58-23-21-56-19-17-54-15-13-46-39-10-8-9-38-42(39)45(52)48(44(38)51)40-11-12-41(49)47-43(40)50/h8-10,40,46H,2-7,11-37H2,1H3,(H,47,49,50). The van der Waals surface area contributed by atoms with Gasteiger partial charge in [0.15, 0.2) is 0 Å². The number of piperidine rings is 1. The van der Waals surface area contributed by atoms with Crippen molar-refractivity contribution in [2.45, 2.75) is 64.3 Å². The van der Waals surface area contributed by atoms with Crippen LogP contribution in [-0.2, 0) is 66.4 Å². The Bertz CT molecular complexity index is 1390. The molecular formula is C45H75N3O16. The normalized spacial score (nSPS) is 15.1. The molecule has 0 saturated carbocycles. The van der Waals surface area contributed by atoms with Gasteiger partial charge in [-0.1, -0.05) is 45.1 Å². The molecule has 1 saturated heterocycles. The number of nitrogens with one attached hydrogen (secondary N) is 2. The third-order valence-electron chi connectivity index (χ3n) is 9.76. The third-order valence-corrected chi connectivity index (χ3v) is 9.76. The number of hydrogen-bond donors (Lipinski definition) is 2. The maximum Gasteiger partial charge on any atom is 0.264 e. The molecule has 1 unspecified atom stereocenters. The Morgan fingerprint density at radius 2 is 0.891 bits per heavy atom. The first-order valence-electron chi connectivity index (χ1n) is 23.1. The van der Waals surface area contributed by atoms with Gasteiger partial charge in [0, 0.05) is 25.3 Å². The lowest BCUT2D eigenvalue weighted by Gasteiger charge is -2.27. The fourth-order valence-electron chi connectivity index (χ4n) is 6.43. The zero-order chi connectivity index (χ0) is 45.6. The second-order valence-electron chi connectivity index (χ2n) is 14.7. The van der Waals surface area contributed by atoms with Crippen LogP contribution in [0, 0.1) is 0 Å². The molecule has 0 radical (unpaired) electrons. The maximum atomic E-state index is 13.2. The number of anilines is 1. The fraction of sp³-hybridized carbons (Fsp3) is 0.778. The Kier molecular flexibility index (Phi) is 32.7. The molecule has 2 heterocycles. The number of amides is 4. The Hall–Kier alpha value is -3.18. The summed E-state index contributed by atoms with van der Waals surface area (Å²) < 4.78 is 66.3. The quantitative estimate of drug-likeness (QED) is 0.0713. The number of ether oxygens (including phenoxy) is 12. The van der Waals surface area contributed by atoms with E-state index in [-0.39, 0.29) is 24.0 Å². The molecule has 0 bridgehead atoms. The number of fused-ring (bicyclic) bond motifs is 1. The van der Waals surface area contributed by atoms with Crippen LogP contribution in [0.4, 0.5) is 5.69 Å². The zero-order valence-electron chi connectivity index (χ0n) is 38.1. The summed E-state index contributed by atoms with van der Waals surface area (Å²) in [4.78, 5) is 50.9. The van der Waals surface area contributed by atoms with E-state index < -0.39 is 29.7 Å². The monoisotopic (exact) mass is 914 g/mol. The predicted molar refractivity (Wildman–Crippen MR) is 235 cm³/mol. The van der Waals surface area contributed by atoms with Crippen LogP contribution in [0.2, 0.25) is 0 Å². The summed E-state index contributed by atoms with van der Waals surface area (Å²) in [5.74, 6) is -2.17. The van der Waals surface area contributed by atoms with Crippen molar-refractivity contribution in [3.05, 3.63) is 29.3 Å². The number of benzene rings is 1. The van der Waals surface area contributed by atoms with Crippen LogP contribution in [0.3, 0.4) is 0 Å². The van der Waals surface area contributed by atoms with E-state index in [4.69, 9.17) is 56.8 Å². The summed E-state index contributed by atoms with van der Waals surface area (Å²) in [6, 6.07) is 3.91. The Morgan fingerprint density at radius 1 is 0.500 bits per heavy atom. The molecule has 1 atom stereocenters. The maximum absolute atomic E-state index is 13.2. The first-order valence-corrected chi connectivity index (χ1v) is 23.1. The zero-order valence-corrected chi connectivity index (χ0v) is 38.1. The van der Waals surface area contributed by atoms with E-state index in [1.54, 1.807) is 18.2 Å². The Balaban J connectivity index is 0.952. The third kappa shape index (κ3) is 24.9. The van der Waals surface area contributed by atoms with Crippen molar-refractivity contribution >= 4 is 29.3 Å². The van der Waals surface area contributed by atoms with E-state index in [0.29, 0.717) is 164 Å². The van der Waals surface area contributed by atoms with Crippen molar-refractivity contribution in [3.8, 4) is 0 Å². The van der Waals surface area contributed by atoms with Crippen LogP contribution in [-0.4, -0.2) is 200 Å². The van der Waals surface area contributed by atoms with Gasteiger partial charge in [-0.15, -0.1) is 0 Å². The molecule has 0 aliphatic carbocycles. The largest absolute Gasteiger partial charge is 0.382 e. The molecule has 2 aliphatic rings. The first kappa shape index (κ1) is 55.1. The molecule has 4 amide bonds. The number of nitrogens with zero attached hydrogens (tertiary/aromatic N) is 1. The second kappa shape index (κ2) is 38.0. The number of hydrogen-bond acceptors (Lipinski definition) is 17. The second-order valence-corrected chi connectivity index (χ2v) is 14.7. The van der Waals surface area contributed by atoms with Crippen molar-refractivity contribution in [3.63, 3.8) is 0 Å². The van der Waals surface area contributed by atoms with Gasteiger partial charge in [0.25, 0.3) is 11.8 Å². The topological polar surface area (TPSA) is 206 Å². The lowest BCUT2D eigenvalue weighted by molar-refractivity contribution is -0.136. The smallest absolute Gasteiger partial charge is 0.264 e. The Labute approximate surface area is 379 Å². The summed E-state index contributed by atoms with van der Waals surface area (Å²) >= 11 is 0. The lowest BCUT2D eigenvalue weighted by Crippen LogP contribution is -2.54. The first-order chi connectivity index (χ1) is 31.5. The molecule has 1 aromatic carbocycles. The van der Waals surface area contributed by atoms with E-state index in [2.05, 4.69) is 17.6 Å². The van der Waals surface area contributed by atoms with Crippen molar-refractivity contribution in [1.82, 2.24) is 10.2 Å². The summed E-state index contributed by atoms with van der Waals surface area (Å²) in [6.07, 6.45) is 7.79. The van der Waals surface area contributed by atoms with Crippen LogP contribution in [0.25, 0.3) is 0 Å². The highest BCUT2D eigenvalue weighted by Crippen LogP contribution is 2.32. The predicted octanol–water partition coefficient (Wildman–Crippen LogP) is 3.06. The Morgan fingerprint density at radius 3 is 1.31 bits per heavy atom. The van der Waals surface area contributed by atoms with Crippen LogP contribution in [0.5, 0.6) is 0 Å². The van der Waals surface area contributed by atoms with Crippen molar-refractivity contribution in [1.29, 1.82) is 0 Å². The molecule has 2 aliphatic heterocycles. The van der Waals surface area contributed by atoms with E-state index in [9.17, 15) is 19.2 Å². The van der Waals surface area contributed by atoms with Crippen LogP contribution in [0.15, 0.2) is 18.2 Å². The van der Waals surface area contributed by atoms with E-state index in [1.807, 2.05) is 0 Å². The molecule has 1 fully saturated rings. The SMILES string of the molecule is CCCCCCCCOCCOCCOCCOCCOCCOCCOCCOCCOCCOCCOCCOCCNc1cccc2c1C(=O)N(C1CCC(=O)NC1=O)C2=O. The average Bonchev–Trinajstić information content (AvgIpc) is 3.55. The van der Waals surface area contributed by atoms with E-state index in [1.165, 1.54) is 32.1 Å². The number of carbonyl (C=O) groups is 4. The summed E-state index contributed by atoms with van der Waals surface area (Å²) in [6.45, 7) is 14.5. The van der Waals surface area contributed by atoms with Gasteiger partial charge in [-0.2, -0.15) is 0 Å². The molecule has 366 valence electrons. The van der Waals surface area contributed by atoms with Gasteiger partial charge in [-0.05, 0) is 25.0 Å². The van der Waals surface area contributed by atoms with Crippen molar-refractivity contribution in [2.75, 3.05) is 170 Å². The fourth-order valence-corrected chi connectivity index (χ4v) is 6.43. The van der Waals surface area contributed by atoms with Gasteiger partial charge in [0.2, 0.25) is 11.8 Å². The highest BCUT2D eigenvalue weighted by Gasteiger charge is 2.45. The number of imide groups is 2. The van der Waals surface area contributed by atoms with Crippen LogP contribution < -0.4 is 10.6 Å². The van der Waals surface area contributed by atoms with Gasteiger partial charge in [0.05, 0.1) is 163 Å². The van der Waals surface area contributed by atoms with Crippen molar-refractivity contribution < 1.29 is 76.0 Å². The average molecular weight is 914 g/mol. The minimum absolute atomic E-state index is 0.0648. The highest BCUT2D eigenvalue weighted by atomic mass is 16.6. The highest BCUT2D eigenvalue weighted by molar-refractivity contribution is 6.25. The van der Waals surface area contributed by atoms with Crippen molar-refractivity contribution in [2.24, 2.45) is 0 Å². The molecule has 0 aromatic heterocycles. The van der Waals surface area contributed by atoms with Gasteiger partial charge in [-0.3, -0.25) is 29.4 Å². The molecule has 0 spiro atoms. The summed E-state index contributed by atoms with van der Waals surface area (Å²) in [5.41, 5.74) is 0.906. The lowest BCUT2D eigenvalue weighted by atomic mass is 10.0. The van der Waals surface area contributed by atoms with Gasteiger partial charge < -0.3 is 62.2 Å². The van der Waals surface area contributed by atoms with Gasteiger partial charge in [0.1, 0.15) is 6.04 Å². The van der Waals surface area contributed by atoms with E-state index >= 15 is 0 Å². The van der Waals surface area contributed by atoms with Gasteiger partial charge >= 0.3 is 0 Å². The molecule has 19 nitrogen and oxygen atoms in total. The number of unbranched alkanes of at least 4 members (excludes halogenated alkanes) is 5. The molecule has 19 heteroatoms. The van der Waals surface area contributed by atoms with Crippen LogP contribution >= 0.6 is 0 Å². The minimum atomic E-state index is -1.01. The summed E-state index contributed by atoms with van der Waals surface area (Å²) in [7, 11) is 0. The molecule has 64 heavy (non-hydrogen) atoms. The van der Waals surface area contributed by atoms with E-state index in [0.717, 1.165) is 17.9 Å². The van der Waals surface area contributed by atoms with Gasteiger partial charge in [-0.25, -0.2) is 0 Å². The summed E-state index contributed by atoms with van der Waals surface area (Å²) in [5, 5.41) is 5.34. The molecule has 2 N–H and O–H groups in total. The molecule has 1 aromatic rings. The number of carbonyl (C=O) groups excluding carboxylic acids is 4. The van der Waals surface area contributed by atoms with Crippen LogP contribution in [0.1, 0.15) is 79.0 Å².